The predicted octanol–water partition coefficient (Wildman–Crippen LogP) is 2.91. The van der Waals surface area contributed by atoms with E-state index in [0.29, 0.717) is 12.8 Å². The van der Waals surface area contributed by atoms with E-state index in [-0.39, 0.29) is 12.4 Å². The topological polar surface area (TPSA) is 92.1 Å². The second-order valence-electron chi connectivity index (χ2n) is 4.79. The molecule has 18 heavy (non-hydrogen) atoms. The van der Waals surface area contributed by atoms with Crippen molar-refractivity contribution in [2.75, 3.05) is 6.61 Å². The van der Waals surface area contributed by atoms with E-state index < -0.39 is 11.5 Å². The van der Waals surface area contributed by atoms with Crippen LogP contribution in [0.5, 0.6) is 0 Å². The standard InChI is InChI=1S/C12H19N3O3/c1-10(16)18-9-11(17)5-8-12(14-15-13)6-3-2-4-7-12/h2-9H2,1H3. The molecule has 6 heteroatoms. The minimum absolute atomic E-state index is 0.122. The summed E-state index contributed by atoms with van der Waals surface area (Å²) >= 11 is 0. The molecule has 0 radical (unpaired) electrons. The maximum atomic E-state index is 11.5. The van der Waals surface area contributed by atoms with Crippen LogP contribution in [0, 0.1) is 0 Å². The number of hydrogen-bond donors (Lipinski definition) is 0. The zero-order valence-electron chi connectivity index (χ0n) is 10.7. The normalized spacial score (nSPS) is 17.6. The third kappa shape index (κ3) is 4.75. The molecular weight excluding hydrogens is 234 g/mol. The first-order chi connectivity index (χ1) is 8.58. The molecule has 0 aromatic carbocycles. The van der Waals surface area contributed by atoms with Crippen molar-refractivity contribution >= 4 is 11.8 Å². The quantitative estimate of drug-likeness (QED) is 0.315. The zero-order valence-corrected chi connectivity index (χ0v) is 10.7. The van der Waals surface area contributed by atoms with Gasteiger partial charge in [0, 0.05) is 23.8 Å². The van der Waals surface area contributed by atoms with Crippen LogP contribution in [0.4, 0.5) is 0 Å². The fourth-order valence-electron chi connectivity index (χ4n) is 2.33. The molecule has 0 amide bonds. The van der Waals surface area contributed by atoms with Gasteiger partial charge in [-0.2, -0.15) is 0 Å². The van der Waals surface area contributed by atoms with Gasteiger partial charge in [-0.15, -0.1) is 0 Å². The first kappa shape index (κ1) is 14.5. The van der Waals surface area contributed by atoms with Crippen LogP contribution in [0.15, 0.2) is 5.11 Å². The van der Waals surface area contributed by atoms with Gasteiger partial charge in [-0.1, -0.05) is 24.4 Å². The molecule has 0 aromatic rings. The monoisotopic (exact) mass is 253 g/mol. The minimum atomic E-state index is -0.453. The molecule has 0 atom stereocenters. The molecule has 0 aliphatic heterocycles. The Morgan fingerprint density at radius 1 is 1.33 bits per heavy atom. The molecule has 0 heterocycles. The van der Waals surface area contributed by atoms with Gasteiger partial charge >= 0.3 is 5.97 Å². The van der Waals surface area contributed by atoms with Crippen molar-refractivity contribution in [2.45, 2.75) is 57.4 Å². The SMILES string of the molecule is CC(=O)OCC(=O)CCC1(N=[N+]=[N-])CCCCC1. The highest BCUT2D eigenvalue weighted by atomic mass is 16.5. The highest BCUT2D eigenvalue weighted by Gasteiger charge is 2.31. The van der Waals surface area contributed by atoms with E-state index >= 15 is 0 Å². The third-order valence-electron chi connectivity index (χ3n) is 3.35. The van der Waals surface area contributed by atoms with Gasteiger partial charge in [0.2, 0.25) is 0 Å². The highest BCUT2D eigenvalue weighted by Crippen LogP contribution is 2.35. The summed E-state index contributed by atoms with van der Waals surface area (Å²) in [6, 6.07) is 0. The van der Waals surface area contributed by atoms with E-state index in [1.165, 1.54) is 6.92 Å². The lowest BCUT2D eigenvalue weighted by molar-refractivity contribution is -0.145. The summed E-state index contributed by atoms with van der Waals surface area (Å²) < 4.78 is 4.64. The summed E-state index contributed by atoms with van der Waals surface area (Å²) in [7, 11) is 0. The Kier molecular flexibility index (Phi) is 5.65. The number of carbonyl (C=O) groups is 2. The smallest absolute Gasteiger partial charge is 0.303 e. The molecule has 1 fully saturated rings. The molecule has 0 bridgehead atoms. The van der Waals surface area contributed by atoms with Gasteiger partial charge < -0.3 is 4.74 Å². The number of ketones is 1. The van der Waals surface area contributed by atoms with Crippen LogP contribution in [-0.2, 0) is 14.3 Å². The minimum Gasteiger partial charge on any atom is -0.458 e. The van der Waals surface area contributed by atoms with Crippen LogP contribution >= 0.6 is 0 Å². The maximum Gasteiger partial charge on any atom is 0.303 e. The van der Waals surface area contributed by atoms with Crippen molar-refractivity contribution in [3.63, 3.8) is 0 Å². The van der Waals surface area contributed by atoms with Gasteiger partial charge in [-0.3, -0.25) is 9.59 Å². The van der Waals surface area contributed by atoms with E-state index in [4.69, 9.17) is 5.53 Å². The number of azide groups is 1. The third-order valence-corrected chi connectivity index (χ3v) is 3.35. The number of esters is 1. The molecular formula is C12H19N3O3. The van der Waals surface area contributed by atoms with Crippen LogP contribution in [0.2, 0.25) is 0 Å². The summed E-state index contributed by atoms with van der Waals surface area (Å²) in [4.78, 5) is 25.0. The lowest BCUT2D eigenvalue weighted by Gasteiger charge is -2.32. The molecule has 100 valence electrons. The molecule has 0 aromatic heterocycles. The van der Waals surface area contributed by atoms with Crippen molar-refractivity contribution in [1.82, 2.24) is 0 Å². The van der Waals surface area contributed by atoms with Gasteiger partial charge in [-0.05, 0) is 24.8 Å². The van der Waals surface area contributed by atoms with Crippen molar-refractivity contribution in [2.24, 2.45) is 5.11 Å². The van der Waals surface area contributed by atoms with E-state index in [9.17, 15) is 9.59 Å². The van der Waals surface area contributed by atoms with Gasteiger partial charge in [0.25, 0.3) is 0 Å². The number of ether oxygens (including phenoxy) is 1. The number of Topliss-reactive ketones (excluding diaryl/α,β-unsaturated/α-hetero) is 1. The number of rotatable bonds is 6. The summed E-state index contributed by atoms with van der Waals surface area (Å²) in [5, 5.41) is 3.90. The van der Waals surface area contributed by atoms with Gasteiger partial charge in [-0.25, -0.2) is 0 Å². The van der Waals surface area contributed by atoms with Crippen LogP contribution in [0.25, 0.3) is 10.4 Å². The Labute approximate surface area is 106 Å². The van der Waals surface area contributed by atoms with Crippen LogP contribution < -0.4 is 0 Å². The molecule has 0 N–H and O–H groups in total. The Bertz CT molecular complexity index is 356. The number of nitrogens with zero attached hydrogens (tertiary/aromatic N) is 3. The Morgan fingerprint density at radius 2 is 2.00 bits per heavy atom. The lowest BCUT2D eigenvalue weighted by Crippen LogP contribution is -2.30. The second kappa shape index (κ2) is 7.01. The van der Waals surface area contributed by atoms with Crippen molar-refractivity contribution in [1.29, 1.82) is 0 Å². The van der Waals surface area contributed by atoms with Gasteiger partial charge in [0.15, 0.2) is 5.78 Å². The second-order valence-corrected chi connectivity index (χ2v) is 4.79. The van der Waals surface area contributed by atoms with E-state index in [2.05, 4.69) is 14.8 Å². The predicted molar refractivity (Wildman–Crippen MR) is 65.8 cm³/mol. The molecule has 1 aliphatic rings. The van der Waals surface area contributed by atoms with E-state index in [1.54, 1.807) is 0 Å². The highest BCUT2D eigenvalue weighted by molar-refractivity contribution is 5.81. The van der Waals surface area contributed by atoms with Crippen molar-refractivity contribution in [3.8, 4) is 0 Å². The van der Waals surface area contributed by atoms with Gasteiger partial charge in [0.1, 0.15) is 6.61 Å². The summed E-state index contributed by atoms with van der Waals surface area (Å²) in [6.45, 7) is 1.09. The molecule has 1 aliphatic carbocycles. The molecule has 0 spiro atoms. The molecule has 0 unspecified atom stereocenters. The molecule has 1 rings (SSSR count). The van der Waals surface area contributed by atoms with Crippen molar-refractivity contribution in [3.05, 3.63) is 10.4 Å². The lowest BCUT2D eigenvalue weighted by atomic mass is 9.79. The van der Waals surface area contributed by atoms with Crippen molar-refractivity contribution < 1.29 is 14.3 Å². The van der Waals surface area contributed by atoms with Crippen LogP contribution in [-0.4, -0.2) is 23.9 Å². The average Bonchev–Trinajstić information content (AvgIpc) is 2.35. The first-order valence-electron chi connectivity index (χ1n) is 6.29. The largest absolute Gasteiger partial charge is 0.458 e. The van der Waals surface area contributed by atoms with E-state index in [0.717, 1.165) is 32.1 Å². The molecule has 0 saturated heterocycles. The Morgan fingerprint density at radius 3 is 2.56 bits per heavy atom. The molecule has 6 nitrogen and oxygen atoms in total. The summed E-state index contributed by atoms with van der Waals surface area (Å²) in [5.41, 5.74) is 8.23. The molecule has 1 saturated carbocycles. The maximum absolute atomic E-state index is 11.5. The fourth-order valence-corrected chi connectivity index (χ4v) is 2.33. The zero-order chi connectivity index (χ0) is 13.4. The van der Waals surface area contributed by atoms with Crippen LogP contribution in [0.1, 0.15) is 51.9 Å². The summed E-state index contributed by atoms with van der Waals surface area (Å²) in [6.07, 6.45) is 5.78. The van der Waals surface area contributed by atoms with E-state index in [1.807, 2.05) is 0 Å². The Hall–Kier alpha value is -1.55. The van der Waals surface area contributed by atoms with Gasteiger partial charge in [0.05, 0.1) is 0 Å². The van der Waals surface area contributed by atoms with Crippen LogP contribution in [0.3, 0.4) is 0 Å². The number of hydrogen-bond acceptors (Lipinski definition) is 4. The fraction of sp³-hybridized carbons (Fsp3) is 0.833. The first-order valence-corrected chi connectivity index (χ1v) is 6.29. The average molecular weight is 253 g/mol. The number of carbonyl (C=O) groups excluding carboxylic acids is 2. The summed E-state index contributed by atoms with van der Waals surface area (Å²) in [5.74, 6) is -0.575. The Balaban J connectivity index is 2.44.